The zero-order chi connectivity index (χ0) is 15.6. The zero-order valence-corrected chi connectivity index (χ0v) is 12.6. The highest BCUT2D eigenvalue weighted by Gasteiger charge is 2.19. The quantitative estimate of drug-likeness (QED) is 0.936. The largest absolute Gasteiger partial charge is 0.493 e. The van der Waals surface area contributed by atoms with Crippen LogP contribution >= 0.6 is 0 Å². The highest BCUT2D eigenvalue weighted by molar-refractivity contribution is 7.89. The molecule has 0 aromatic heterocycles. The molecule has 0 atom stereocenters. The molecule has 2 aromatic carbocycles. The van der Waals surface area contributed by atoms with Gasteiger partial charge >= 0.3 is 0 Å². The zero-order valence-electron chi connectivity index (χ0n) is 11.7. The fraction of sp³-hybridized carbons (Fsp3) is 0.188. The van der Waals surface area contributed by atoms with Gasteiger partial charge in [-0.3, -0.25) is 0 Å². The van der Waals surface area contributed by atoms with E-state index < -0.39 is 10.0 Å². The molecule has 0 bridgehead atoms. The summed E-state index contributed by atoms with van der Waals surface area (Å²) in [6.07, 6.45) is 0.725. The lowest BCUT2D eigenvalue weighted by atomic mass is 10.1. The number of nitrogens with one attached hydrogen (secondary N) is 1. The summed E-state index contributed by atoms with van der Waals surface area (Å²) in [4.78, 5) is 0.230. The third-order valence-electron chi connectivity index (χ3n) is 3.49. The molecule has 0 unspecified atom stereocenters. The first-order valence-corrected chi connectivity index (χ1v) is 8.31. The number of nitrogens with zero attached hydrogens (tertiary/aromatic N) is 1. The summed E-state index contributed by atoms with van der Waals surface area (Å²) >= 11 is 0. The average Bonchev–Trinajstić information content (AvgIpc) is 3.01. The summed E-state index contributed by atoms with van der Waals surface area (Å²) in [5.74, 6) is 0.751. The van der Waals surface area contributed by atoms with Crippen molar-refractivity contribution in [3.05, 3.63) is 59.2 Å². The topological polar surface area (TPSA) is 79.2 Å². The van der Waals surface area contributed by atoms with E-state index in [1.54, 1.807) is 36.4 Å². The first-order chi connectivity index (χ1) is 10.6. The number of ether oxygens (including phenoxy) is 1. The molecule has 2 aromatic rings. The molecule has 0 fully saturated rings. The third kappa shape index (κ3) is 2.96. The van der Waals surface area contributed by atoms with Crippen LogP contribution in [0.4, 0.5) is 0 Å². The fourth-order valence-corrected chi connectivity index (χ4v) is 3.41. The number of hydrogen-bond acceptors (Lipinski definition) is 4. The van der Waals surface area contributed by atoms with E-state index >= 15 is 0 Å². The van der Waals surface area contributed by atoms with Crippen molar-refractivity contribution in [2.24, 2.45) is 0 Å². The molecule has 1 aliphatic heterocycles. The number of benzene rings is 2. The van der Waals surface area contributed by atoms with E-state index in [0.717, 1.165) is 23.3 Å². The maximum absolute atomic E-state index is 12.3. The Morgan fingerprint density at radius 2 is 2.09 bits per heavy atom. The minimum absolute atomic E-state index is 0.144. The molecule has 6 heteroatoms. The van der Waals surface area contributed by atoms with Crippen molar-refractivity contribution in [2.75, 3.05) is 6.61 Å². The molecule has 1 heterocycles. The van der Waals surface area contributed by atoms with Crippen molar-refractivity contribution < 1.29 is 13.2 Å². The van der Waals surface area contributed by atoms with Gasteiger partial charge in [0, 0.05) is 13.0 Å². The number of hydrogen-bond donors (Lipinski definition) is 1. The van der Waals surface area contributed by atoms with Crippen molar-refractivity contribution in [1.82, 2.24) is 4.72 Å². The minimum Gasteiger partial charge on any atom is -0.493 e. The van der Waals surface area contributed by atoms with Crippen molar-refractivity contribution in [3.8, 4) is 11.8 Å². The number of sulfonamides is 1. The van der Waals surface area contributed by atoms with Gasteiger partial charge in [-0.05, 0) is 41.5 Å². The molecule has 112 valence electrons. The second-order valence-corrected chi connectivity index (χ2v) is 6.77. The summed E-state index contributed by atoms with van der Waals surface area (Å²) in [6.45, 7) is 0.735. The summed E-state index contributed by atoms with van der Waals surface area (Å²) in [7, 11) is -3.59. The Bertz CT molecular complexity index is 854. The first kappa shape index (κ1) is 14.6. The molecule has 0 saturated carbocycles. The third-order valence-corrected chi connectivity index (χ3v) is 4.89. The van der Waals surface area contributed by atoms with E-state index in [9.17, 15) is 8.42 Å². The fourth-order valence-electron chi connectivity index (χ4n) is 2.34. The second-order valence-electron chi connectivity index (χ2n) is 5.00. The maximum atomic E-state index is 12.3. The van der Waals surface area contributed by atoms with E-state index in [4.69, 9.17) is 10.00 Å². The predicted molar refractivity (Wildman–Crippen MR) is 80.8 cm³/mol. The summed E-state index contributed by atoms with van der Waals surface area (Å²) in [6, 6.07) is 13.8. The van der Waals surface area contributed by atoms with Crippen LogP contribution < -0.4 is 9.46 Å². The van der Waals surface area contributed by atoms with Gasteiger partial charge in [0.1, 0.15) is 5.75 Å². The standard InChI is InChI=1S/C16H14N2O3S/c17-10-12-2-1-3-13(8-12)11-18-22(19,20)15-4-5-16-14(9-15)6-7-21-16/h1-5,8-9,18H,6-7,11H2. The van der Waals surface area contributed by atoms with Gasteiger partial charge in [-0.25, -0.2) is 13.1 Å². The lowest BCUT2D eigenvalue weighted by Gasteiger charge is -2.08. The average molecular weight is 314 g/mol. The van der Waals surface area contributed by atoms with Crippen LogP contribution in [0.25, 0.3) is 0 Å². The van der Waals surface area contributed by atoms with Gasteiger partial charge < -0.3 is 4.74 Å². The van der Waals surface area contributed by atoms with E-state index in [1.165, 1.54) is 6.07 Å². The summed E-state index contributed by atoms with van der Waals surface area (Å²) in [5, 5.41) is 8.86. The van der Waals surface area contributed by atoms with Crippen LogP contribution in [0.15, 0.2) is 47.4 Å². The SMILES string of the molecule is N#Cc1cccc(CNS(=O)(=O)c2ccc3c(c2)CCO3)c1. The van der Waals surface area contributed by atoms with Crippen LogP contribution in [0, 0.1) is 11.3 Å². The van der Waals surface area contributed by atoms with Crippen molar-refractivity contribution in [3.63, 3.8) is 0 Å². The number of rotatable bonds is 4. The molecule has 1 N–H and O–H groups in total. The predicted octanol–water partition coefficient (Wildman–Crippen LogP) is 1.97. The molecule has 22 heavy (non-hydrogen) atoms. The van der Waals surface area contributed by atoms with Crippen LogP contribution in [0.2, 0.25) is 0 Å². The van der Waals surface area contributed by atoms with Crippen LogP contribution in [0.1, 0.15) is 16.7 Å². The molecule has 5 nitrogen and oxygen atoms in total. The Morgan fingerprint density at radius 3 is 2.91 bits per heavy atom. The lowest BCUT2D eigenvalue weighted by molar-refractivity contribution is 0.356. The smallest absolute Gasteiger partial charge is 0.240 e. The van der Waals surface area contributed by atoms with Crippen LogP contribution in [0.3, 0.4) is 0 Å². The van der Waals surface area contributed by atoms with E-state index in [0.29, 0.717) is 12.2 Å². The van der Waals surface area contributed by atoms with Gasteiger partial charge in [-0.2, -0.15) is 5.26 Å². The van der Waals surface area contributed by atoms with Gasteiger partial charge in [0.05, 0.1) is 23.1 Å². The number of fused-ring (bicyclic) bond motifs is 1. The lowest BCUT2D eigenvalue weighted by Crippen LogP contribution is -2.23. The Kier molecular flexibility index (Phi) is 3.84. The van der Waals surface area contributed by atoms with Crippen molar-refractivity contribution >= 4 is 10.0 Å². The Morgan fingerprint density at radius 1 is 1.23 bits per heavy atom. The van der Waals surface area contributed by atoms with Gasteiger partial charge in [-0.1, -0.05) is 12.1 Å². The summed E-state index contributed by atoms with van der Waals surface area (Å²) in [5.41, 5.74) is 2.16. The monoisotopic (exact) mass is 314 g/mol. The van der Waals surface area contributed by atoms with Gasteiger partial charge in [0.2, 0.25) is 10.0 Å². The van der Waals surface area contributed by atoms with E-state index in [2.05, 4.69) is 4.72 Å². The molecule has 0 amide bonds. The maximum Gasteiger partial charge on any atom is 0.240 e. The van der Waals surface area contributed by atoms with Gasteiger partial charge in [-0.15, -0.1) is 0 Å². The molecule has 1 aliphatic rings. The highest BCUT2D eigenvalue weighted by Crippen LogP contribution is 2.27. The molecule has 0 radical (unpaired) electrons. The van der Waals surface area contributed by atoms with Gasteiger partial charge in [0.15, 0.2) is 0 Å². The minimum atomic E-state index is -3.59. The van der Waals surface area contributed by atoms with Crippen LogP contribution in [0.5, 0.6) is 5.75 Å². The molecule has 0 aliphatic carbocycles. The van der Waals surface area contributed by atoms with E-state index in [-0.39, 0.29) is 11.4 Å². The molecule has 0 saturated heterocycles. The van der Waals surface area contributed by atoms with Crippen LogP contribution in [-0.4, -0.2) is 15.0 Å². The first-order valence-electron chi connectivity index (χ1n) is 6.83. The molecular weight excluding hydrogens is 300 g/mol. The Labute approximate surface area is 129 Å². The normalized spacial score (nSPS) is 13.2. The number of nitriles is 1. The highest BCUT2D eigenvalue weighted by atomic mass is 32.2. The molecular formula is C16H14N2O3S. The molecule has 3 rings (SSSR count). The van der Waals surface area contributed by atoms with Crippen molar-refractivity contribution in [1.29, 1.82) is 5.26 Å². The Hall–Kier alpha value is -2.36. The second kappa shape index (κ2) is 5.79. The van der Waals surface area contributed by atoms with Crippen molar-refractivity contribution in [2.45, 2.75) is 17.9 Å². The molecule has 0 spiro atoms. The van der Waals surface area contributed by atoms with Crippen LogP contribution in [-0.2, 0) is 23.0 Å². The van der Waals surface area contributed by atoms with E-state index in [1.807, 2.05) is 6.07 Å². The van der Waals surface area contributed by atoms with Gasteiger partial charge in [0.25, 0.3) is 0 Å². The Balaban J connectivity index is 1.77. The summed E-state index contributed by atoms with van der Waals surface area (Å²) < 4.78 is 32.6.